The summed E-state index contributed by atoms with van der Waals surface area (Å²) >= 11 is 5.04. The number of pyridine rings is 1. The van der Waals surface area contributed by atoms with Crippen LogP contribution in [0.25, 0.3) is 0 Å². The van der Waals surface area contributed by atoms with Crippen molar-refractivity contribution in [3.05, 3.63) is 64.4 Å². The minimum Gasteiger partial charge on any atom is -0.350 e. The number of benzene rings is 1. The average molecular weight is 351 g/mol. The van der Waals surface area contributed by atoms with Gasteiger partial charge in [-0.25, -0.2) is 0 Å². The van der Waals surface area contributed by atoms with Crippen molar-refractivity contribution < 1.29 is 4.79 Å². The van der Waals surface area contributed by atoms with Crippen LogP contribution in [0.1, 0.15) is 11.3 Å². The number of rotatable bonds is 6. The molecule has 0 aliphatic rings. The SMILES string of the molecule is O=C(CSCc1cccc(Br)c1)NCc1ccccn1. The lowest BCUT2D eigenvalue weighted by Crippen LogP contribution is -2.25. The van der Waals surface area contributed by atoms with Crippen LogP contribution in [0.2, 0.25) is 0 Å². The Morgan fingerprint density at radius 2 is 2.15 bits per heavy atom. The number of carbonyl (C=O) groups is 1. The van der Waals surface area contributed by atoms with Gasteiger partial charge in [0.15, 0.2) is 0 Å². The van der Waals surface area contributed by atoms with Crippen LogP contribution in [0.5, 0.6) is 0 Å². The van der Waals surface area contributed by atoms with Gasteiger partial charge in [0.2, 0.25) is 5.91 Å². The highest BCUT2D eigenvalue weighted by molar-refractivity contribution is 9.10. The Bertz CT molecular complexity index is 563. The molecule has 3 nitrogen and oxygen atoms in total. The molecule has 1 amide bonds. The van der Waals surface area contributed by atoms with Crippen LogP contribution in [0.15, 0.2) is 53.1 Å². The first-order valence-electron chi connectivity index (χ1n) is 6.23. The van der Waals surface area contributed by atoms with E-state index in [-0.39, 0.29) is 5.91 Å². The number of halogens is 1. The zero-order chi connectivity index (χ0) is 14.2. The maximum atomic E-state index is 11.7. The summed E-state index contributed by atoms with van der Waals surface area (Å²) in [5.74, 6) is 1.33. The first kappa shape index (κ1) is 15.1. The average Bonchev–Trinajstić information content (AvgIpc) is 2.46. The van der Waals surface area contributed by atoms with E-state index >= 15 is 0 Å². The van der Waals surface area contributed by atoms with Crippen LogP contribution in [0.4, 0.5) is 0 Å². The zero-order valence-electron chi connectivity index (χ0n) is 10.9. The quantitative estimate of drug-likeness (QED) is 0.867. The maximum absolute atomic E-state index is 11.7. The Hall–Kier alpha value is -1.33. The lowest BCUT2D eigenvalue weighted by atomic mass is 10.2. The van der Waals surface area contributed by atoms with Crippen LogP contribution in [0.3, 0.4) is 0 Å². The molecule has 0 aliphatic heterocycles. The van der Waals surface area contributed by atoms with E-state index in [1.807, 2.05) is 30.3 Å². The Balaban J connectivity index is 1.68. The second-order valence-electron chi connectivity index (χ2n) is 4.22. The Morgan fingerprint density at radius 1 is 1.25 bits per heavy atom. The molecule has 5 heteroatoms. The molecular weight excluding hydrogens is 336 g/mol. The molecule has 0 radical (unpaired) electrons. The largest absolute Gasteiger partial charge is 0.350 e. The van der Waals surface area contributed by atoms with E-state index in [2.05, 4.69) is 38.4 Å². The summed E-state index contributed by atoms with van der Waals surface area (Å²) in [4.78, 5) is 15.9. The third-order valence-corrected chi connectivity index (χ3v) is 4.08. The van der Waals surface area contributed by atoms with Crippen molar-refractivity contribution >= 4 is 33.6 Å². The third-order valence-electron chi connectivity index (χ3n) is 2.58. The van der Waals surface area contributed by atoms with Crippen LogP contribution >= 0.6 is 27.7 Å². The van der Waals surface area contributed by atoms with Gasteiger partial charge in [0.05, 0.1) is 18.0 Å². The summed E-state index contributed by atoms with van der Waals surface area (Å²) in [5.41, 5.74) is 2.08. The molecular formula is C15H15BrN2OS. The van der Waals surface area contributed by atoms with Gasteiger partial charge in [-0.2, -0.15) is 0 Å². The molecule has 0 unspecified atom stereocenters. The first-order valence-corrected chi connectivity index (χ1v) is 8.17. The number of nitrogens with one attached hydrogen (secondary N) is 1. The molecule has 0 saturated carbocycles. The standard InChI is InChI=1S/C15H15BrN2OS/c16-13-5-3-4-12(8-13)10-20-11-15(19)18-9-14-6-1-2-7-17-14/h1-8H,9-11H2,(H,18,19). The van der Waals surface area contributed by atoms with Crippen LogP contribution in [-0.2, 0) is 17.1 Å². The molecule has 0 saturated heterocycles. The fraction of sp³-hybridized carbons (Fsp3) is 0.200. The molecule has 0 atom stereocenters. The van der Waals surface area contributed by atoms with Gasteiger partial charge in [0.1, 0.15) is 0 Å². The van der Waals surface area contributed by atoms with Crippen molar-refractivity contribution in [3.8, 4) is 0 Å². The summed E-state index contributed by atoms with van der Waals surface area (Å²) in [6.07, 6.45) is 1.73. The Labute approximate surface area is 131 Å². The van der Waals surface area contributed by atoms with Crippen LogP contribution in [-0.4, -0.2) is 16.6 Å². The Morgan fingerprint density at radius 3 is 2.90 bits per heavy atom. The number of thioether (sulfide) groups is 1. The summed E-state index contributed by atoms with van der Waals surface area (Å²) in [6, 6.07) is 13.8. The molecule has 0 fully saturated rings. The van der Waals surface area contributed by atoms with Crippen molar-refractivity contribution in [2.45, 2.75) is 12.3 Å². The minimum atomic E-state index is 0.0376. The number of hydrogen-bond acceptors (Lipinski definition) is 3. The summed E-state index contributed by atoms with van der Waals surface area (Å²) in [7, 11) is 0. The van der Waals surface area contributed by atoms with Crippen LogP contribution in [0, 0.1) is 0 Å². The highest BCUT2D eigenvalue weighted by atomic mass is 79.9. The van der Waals surface area contributed by atoms with Crippen molar-refractivity contribution in [2.75, 3.05) is 5.75 Å². The van der Waals surface area contributed by atoms with E-state index in [9.17, 15) is 4.79 Å². The molecule has 104 valence electrons. The number of amides is 1. The number of hydrogen-bond donors (Lipinski definition) is 1. The van der Waals surface area contributed by atoms with Gasteiger partial charge in [-0.3, -0.25) is 9.78 Å². The second-order valence-corrected chi connectivity index (χ2v) is 6.12. The van der Waals surface area contributed by atoms with Crippen LogP contribution < -0.4 is 5.32 Å². The zero-order valence-corrected chi connectivity index (χ0v) is 13.3. The molecule has 1 heterocycles. The predicted octanol–water partition coefficient (Wildman–Crippen LogP) is 3.39. The lowest BCUT2D eigenvalue weighted by molar-refractivity contribution is -0.118. The smallest absolute Gasteiger partial charge is 0.230 e. The number of nitrogens with zero attached hydrogens (tertiary/aromatic N) is 1. The number of aromatic nitrogens is 1. The van der Waals surface area contributed by atoms with E-state index in [1.54, 1.807) is 18.0 Å². The summed E-state index contributed by atoms with van der Waals surface area (Å²) in [5, 5.41) is 2.87. The molecule has 1 aromatic carbocycles. The fourth-order valence-electron chi connectivity index (χ4n) is 1.63. The van der Waals surface area contributed by atoms with Gasteiger partial charge in [-0.1, -0.05) is 34.1 Å². The van der Waals surface area contributed by atoms with Gasteiger partial charge in [-0.15, -0.1) is 11.8 Å². The first-order chi connectivity index (χ1) is 9.74. The van der Waals surface area contributed by atoms with Gasteiger partial charge in [0, 0.05) is 16.4 Å². The van der Waals surface area contributed by atoms with E-state index in [1.165, 1.54) is 5.56 Å². The molecule has 1 aromatic heterocycles. The van der Waals surface area contributed by atoms with Crippen molar-refractivity contribution in [2.24, 2.45) is 0 Å². The molecule has 2 aromatic rings. The minimum absolute atomic E-state index is 0.0376. The molecule has 1 N–H and O–H groups in total. The van der Waals surface area contributed by atoms with Crippen molar-refractivity contribution in [1.29, 1.82) is 0 Å². The Kier molecular flexibility index (Phi) is 6.08. The van der Waals surface area contributed by atoms with Crippen molar-refractivity contribution in [1.82, 2.24) is 10.3 Å². The van der Waals surface area contributed by atoms with E-state index in [4.69, 9.17) is 0 Å². The second kappa shape index (κ2) is 8.07. The highest BCUT2D eigenvalue weighted by Crippen LogP contribution is 2.16. The third kappa shape index (κ3) is 5.35. The van der Waals surface area contributed by atoms with Crippen molar-refractivity contribution in [3.63, 3.8) is 0 Å². The molecule has 0 aliphatic carbocycles. The van der Waals surface area contributed by atoms with Gasteiger partial charge < -0.3 is 5.32 Å². The van der Waals surface area contributed by atoms with Gasteiger partial charge in [0.25, 0.3) is 0 Å². The van der Waals surface area contributed by atoms with Gasteiger partial charge >= 0.3 is 0 Å². The fourth-order valence-corrected chi connectivity index (χ4v) is 2.88. The monoisotopic (exact) mass is 350 g/mol. The topological polar surface area (TPSA) is 42.0 Å². The van der Waals surface area contributed by atoms with E-state index in [0.29, 0.717) is 12.3 Å². The van der Waals surface area contributed by atoms with E-state index in [0.717, 1.165) is 15.9 Å². The maximum Gasteiger partial charge on any atom is 0.230 e. The van der Waals surface area contributed by atoms with Gasteiger partial charge in [-0.05, 0) is 29.8 Å². The lowest BCUT2D eigenvalue weighted by Gasteiger charge is -2.05. The molecule has 0 spiro atoms. The molecule has 0 bridgehead atoms. The molecule has 20 heavy (non-hydrogen) atoms. The van der Waals surface area contributed by atoms with E-state index < -0.39 is 0 Å². The highest BCUT2D eigenvalue weighted by Gasteiger charge is 2.02. The number of carbonyl (C=O) groups excluding carboxylic acids is 1. The summed E-state index contributed by atoms with van der Waals surface area (Å²) < 4.78 is 1.07. The predicted molar refractivity (Wildman–Crippen MR) is 86.4 cm³/mol. The summed E-state index contributed by atoms with van der Waals surface area (Å²) in [6.45, 7) is 0.483. The molecule has 2 rings (SSSR count). The normalized spacial score (nSPS) is 10.2.